The number of rotatable bonds is 8. The van der Waals surface area contributed by atoms with Gasteiger partial charge in [-0.3, -0.25) is 0 Å². The number of hydrogen-bond acceptors (Lipinski definition) is 2. The predicted molar refractivity (Wildman–Crippen MR) is 81.1 cm³/mol. The monoisotopic (exact) mass is 281 g/mol. The van der Waals surface area contributed by atoms with Gasteiger partial charge in [-0.05, 0) is 62.3 Å². The van der Waals surface area contributed by atoms with Crippen LogP contribution in [-0.2, 0) is 6.42 Å². The van der Waals surface area contributed by atoms with E-state index in [1.54, 1.807) is 7.11 Å². The van der Waals surface area contributed by atoms with Crippen LogP contribution in [0.3, 0.4) is 0 Å². The van der Waals surface area contributed by atoms with Crippen LogP contribution in [0, 0.1) is 5.92 Å². The van der Waals surface area contributed by atoms with Gasteiger partial charge in [0.25, 0.3) is 0 Å². The lowest BCUT2D eigenvalue weighted by atomic mass is 10.0. The van der Waals surface area contributed by atoms with Gasteiger partial charge in [0.1, 0.15) is 5.75 Å². The number of methoxy groups -OCH3 is 1. The Labute approximate surface area is 121 Å². The quantitative estimate of drug-likeness (QED) is 0.776. The minimum Gasteiger partial charge on any atom is -0.495 e. The number of benzene rings is 1. The Morgan fingerprint density at radius 1 is 1.42 bits per heavy atom. The Hall–Kier alpha value is -0.730. The van der Waals surface area contributed by atoms with Crippen LogP contribution >= 0.6 is 11.6 Å². The summed E-state index contributed by atoms with van der Waals surface area (Å²) in [6.07, 6.45) is 6.29. The van der Waals surface area contributed by atoms with Crippen molar-refractivity contribution in [2.24, 2.45) is 5.92 Å². The molecular formula is C16H24ClNO. The summed E-state index contributed by atoms with van der Waals surface area (Å²) < 4.78 is 5.27. The van der Waals surface area contributed by atoms with Crippen molar-refractivity contribution in [3.63, 3.8) is 0 Å². The van der Waals surface area contributed by atoms with Crippen molar-refractivity contribution in [1.29, 1.82) is 0 Å². The van der Waals surface area contributed by atoms with Gasteiger partial charge in [0.2, 0.25) is 0 Å². The molecule has 1 aliphatic rings. The summed E-state index contributed by atoms with van der Waals surface area (Å²) >= 11 is 6.05. The molecule has 0 aromatic heterocycles. The molecule has 0 spiro atoms. The summed E-state index contributed by atoms with van der Waals surface area (Å²) in [5.41, 5.74) is 1.31. The zero-order chi connectivity index (χ0) is 13.7. The molecule has 1 aromatic carbocycles. The fourth-order valence-electron chi connectivity index (χ4n) is 2.51. The van der Waals surface area contributed by atoms with Crippen molar-refractivity contribution in [3.05, 3.63) is 28.8 Å². The number of hydrogen-bond donors (Lipinski definition) is 1. The van der Waals surface area contributed by atoms with Crippen molar-refractivity contribution in [2.45, 2.75) is 45.1 Å². The topological polar surface area (TPSA) is 21.3 Å². The van der Waals surface area contributed by atoms with Crippen LogP contribution in [0.5, 0.6) is 5.75 Å². The second-order valence-corrected chi connectivity index (χ2v) is 5.81. The van der Waals surface area contributed by atoms with Gasteiger partial charge in [-0.25, -0.2) is 0 Å². The predicted octanol–water partition coefficient (Wildman–Crippen LogP) is 4.06. The van der Waals surface area contributed by atoms with Gasteiger partial charge in [0.05, 0.1) is 12.1 Å². The van der Waals surface area contributed by atoms with E-state index < -0.39 is 0 Å². The van der Waals surface area contributed by atoms with E-state index >= 15 is 0 Å². The smallest absolute Gasteiger partial charge is 0.137 e. The van der Waals surface area contributed by atoms with Crippen molar-refractivity contribution in [3.8, 4) is 5.75 Å². The van der Waals surface area contributed by atoms with Gasteiger partial charge in [-0.15, -0.1) is 0 Å². The number of ether oxygens (including phenoxy) is 1. The van der Waals surface area contributed by atoms with Crippen LogP contribution in [-0.4, -0.2) is 19.7 Å². The van der Waals surface area contributed by atoms with E-state index in [0.717, 1.165) is 24.6 Å². The number of halogens is 1. The molecule has 1 aromatic rings. The van der Waals surface area contributed by atoms with Gasteiger partial charge in [-0.1, -0.05) is 24.6 Å². The molecule has 2 rings (SSSR count). The molecule has 0 aliphatic heterocycles. The van der Waals surface area contributed by atoms with Crippen molar-refractivity contribution < 1.29 is 4.74 Å². The Balaban J connectivity index is 1.89. The number of nitrogens with one attached hydrogen (secondary N) is 1. The van der Waals surface area contributed by atoms with E-state index in [1.165, 1.54) is 31.2 Å². The first-order valence-electron chi connectivity index (χ1n) is 7.30. The highest BCUT2D eigenvalue weighted by atomic mass is 35.5. The number of aryl methyl sites for hydroxylation is 1. The second kappa shape index (κ2) is 7.16. The molecule has 1 unspecified atom stereocenters. The molecule has 0 bridgehead atoms. The van der Waals surface area contributed by atoms with Crippen molar-refractivity contribution in [1.82, 2.24) is 5.32 Å². The maximum atomic E-state index is 6.05. The summed E-state index contributed by atoms with van der Waals surface area (Å²) in [7, 11) is 1.67. The molecule has 2 nitrogen and oxygen atoms in total. The van der Waals surface area contributed by atoms with Crippen LogP contribution in [0.4, 0.5) is 0 Å². The average Bonchev–Trinajstić information content (AvgIpc) is 3.25. The molecular weight excluding hydrogens is 258 g/mol. The molecule has 0 amide bonds. The highest BCUT2D eigenvalue weighted by molar-refractivity contribution is 6.32. The maximum Gasteiger partial charge on any atom is 0.137 e. The maximum absolute atomic E-state index is 6.05. The van der Waals surface area contributed by atoms with E-state index in [4.69, 9.17) is 16.3 Å². The fourth-order valence-corrected chi connectivity index (χ4v) is 2.71. The van der Waals surface area contributed by atoms with Crippen LogP contribution in [0.1, 0.15) is 38.2 Å². The molecule has 1 saturated carbocycles. The Kier molecular flexibility index (Phi) is 5.53. The highest BCUT2D eigenvalue weighted by Gasteiger charge is 2.30. The van der Waals surface area contributed by atoms with Gasteiger partial charge in [0, 0.05) is 6.04 Å². The molecule has 106 valence electrons. The largest absolute Gasteiger partial charge is 0.495 e. The van der Waals surface area contributed by atoms with Crippen molar-refractivity contribution >= 4 is 11.6 Å². The van der Waals surface area contributed by atoms with Crippen LogP contribution < -0.4 is 10.1 Å². The third kappa shape index (κ3) is 4.39. The van der Waals surface area contributed by atoms with Crippen molar-refractivity contribution in [2.75, 3.05) is 13.7 Å². The van der Waals surface area contributed by atoms with E-state index in [0.29, 0.717) is 11.1 Å². The lowest BCUT2D eigenvalue weighted by Crippen LogP contribution is -2.32. The van der Waals surface area contributed by atoms with Gasteiger partial charge >= 0.3 is 0 Å². The summed E-state index contributed by atoms with van der Waals surface area (Å²) in [5, 5.41) is 4.37. The Bertz CT molecular complexity index is 404. The van der Waals surface area contributed by atoms with E-state index in [9.17, 15) is 0 Å². The van der Waals surface area contributed by atoms with Gasteiger partial charge in [0.15, 0.2) is 0 Å². The normalized spacial score (nSPS) is 16.4. The van der Waals surface area contributed by atoms with E-state index in [1.807, 2.05) is 6.07 Å². The third-order valence-corrected chi connectivity index (χ3v) is 4.12. The molecule has 3 heteroatoms. The zero-order valence-corrected chi connectivity index (χ0v) is 12.7. The lowest BCUT2D eigenvalue weighted by Gasteiger charge is -2.18. The zero-order valence-electron chi connectivity index (χ0n) is 11.9. The molecule has 1 N–H and O–H groups in total. The third-order valence-electron chi connectivity index (χ3n) is 3.81. The molecule has 0 radical (unpaired) electrons. The van der Waals surface area contributed by atoms with Crippen LogP contribution in [0.25, 0.3) is 0 Å². The summed E-state index contributed by atoms with van der Waals surface area (Å²) in [6.45, 7) is 3.35. The van der Waals surface area contributed by atoms with E-state index in [2.05, 4.69) is 24.4 Å². The standard InChI is InChI=1S/C16H24ClNO/c1-3-10-18-15(13-6-7-13)9-5-12-4-8-14(17)16(11-12)19-2/h4,8,11,13,15,18H,3,5-7,9-10H2,1-2H3. The highest BCUT2D eigenvalue weighted by Crippen LogP contribution is 2.35. The molecule has 0 heterocycles. The second-order valence-electron chi connectivity index (χ2n) is 5.41. The first-order valence-corrected chi connectivity index (χ1v) is 7.68. The van der Waals surface area contributed by atoms with Gasteiger partial charge < -0.3 is 10.1 Å². The average molecular weight is 282 g/mol. The minimum atomic E-state index is 0.682. The summed E-state index contributed by atoms with van der Waals surface area (Å²) in [4.78, 5) is 0. The fraction of sp³-hybridized carbons (Fsp3) is 0.625. The Morgan fingerprint density at radius 3 is 2.84 bits per heavy atom. The summed E-state index contributed by atoms with van der Waals surface area (Å²) in [5.74, 6) is 1.68. The molecule has 19 heavy (non-hydrogen) atoms. The Morgan fingerprint density at radius 2 is 2.21 bits per heavy atom. The minimum absolute atomic E-state index is 0.682. The first-order chi connectivity index (χ1) is 9.24. The SMILES string of the molecule is CCCNC(CCc1ccc(Cl)c(OC)c1)C1CC1. The lowest BCUT2D eigenvalue weighted by molar-refractivity contribution is 0.413. The summed E-state index contributed by atoms with van der Waals surface area (Å²) in [6, 6.07) is 6.78. The van der Waals surface area contributed by atoms with Crippen LogP contribution in [0.2, 0.25) is 5.02 Å². The molecule has 0 saturated heterocycles. The van der Waals surface area contributed by atoms with Gasteiger partial charge in [-0.2, -0.15) is 0 Å². The first kappa shape index (κ1) is 14.7. The van der Waals surface area contributed by atoms with Crippen LogP contribution in [0.15, 0.2) is 18.2 Å². The van der Waals surface area contributed by atoms with E-state index in [-0.39, 0.29) is 0 Å². The molecule has 1 aliphatic carbocycles. The molecule has 1 fully saturated rings. The molecule has 1 atom stereocenters.